The quantitative estimate of drug-likeness (QED) is 0.659. The zero-order valence-corrected chi connectivity index (χ0v) is 17.4. The third-order valence-electron chi connectivity index (χ3n) is 3.85. The summed E-state index contributed by atoms with van der Waals surface area (Å²) < 4.78 is 0.941. The van der Waals surface area contributed by atoms with Gasteiger partial charge in [0.05, 0.1) is 0 Å². The molecule has 3 N–H and O–H groups in total. The first-order valence-electron chi connectivity index (χ1n) is 8.86. The summed E-state index contributed by atoms with van der Waals surface area (Å²) in [6.07, 6.45) is 1.58. The zero-order chi connectivity index (χ0) is 19.0. The van der Waals surface area contributed by atoms with E-state index in [1.165, 1.54) is 0 Å². The van der Waals surface area contributed by atoms with Crippen LogP contribution in [0.5, 0.6) is 0 Å². The minimum Gasteiger partial charge on any atom is -0.353 e. The van der Waals surface area contributed by atoms with Crippen molar-refractivity contribution in [2.75, 3.05) is 5.32 Å². The Balaban J connectivity index is 0.00000151. The maximum Gasteiger partial charge on any atom is 0.233 e. The number of benzene rings is 1. The molecule has 1 heterocycles. The molecule has 140 valence electrons. The van der Waals surface area contributed by atoms with Gasteiger partial charge in [-0.1, -0.05) is 29.8 Å². The van der Waals surface area contributed by atoms with Crippen molar-refractivity contribution >= 4 is 33.4 Å². The molecule has 2 rings (SSSR count). The molecule has 2 amide bonds. The van der Waals surface area contributed by atoms with Gasteiger partial charge in [0.25, 0.3) is 0 Å². The molecular weight excluding hydrogens is 382 g/mol. The summed E-state index contributed by atoms with van der Waals surface area (Å²) in [5.41, 5.74) is 0.678. The largest absolute Gasteiger partial charge is 0.353 e. The summed E-state index contributed by atoms with van der Waals surface area (Å²) in [5, 5.41) is 9.22. The summed E-state index contributed by atoms with van der Waals surface area (Å²) >= 11 is 3.34. The first kappa shape index (κ1) is 21.6. The monoisotopic (exact) mass is 411 g/mol. The van der Waals surface area contributed by atoms with E-state index in [0.717, 1.165) is 17.3 Å². The lowest BCUT2D eigenvalue weighted by Gasteiger charge is -2.40. The van der Waals surface area contributed by atoms with Crippen LogP contribution in [0.25, 0.3) is 0 Å². The van der Waals surface area contributed by atoms with Crippen molar-refractivity contribution in [2.24, 2.45) is 0 Å². The highest BCUT2D eigenvalue weighted by Crippen LogP contribution is 2.22. The first-order chi connectivity index (χ1) is 11.7. The van der Waals surface area contributed by atoms with E-state index in [9.17, 15) is 9.59 Å². The van der Waals surface area contributed by atoms with Gasteiger partial charge in [-0.25, -0.2) is 0 Å². The Morgan fingerprint density at radius 1 is 1.20 bits per heavy atom. The molecule has 1 aliphatic rings. The van der Waals surface area contributed by atoms with Gasteiger partial charge in [-0.3, -0.25) is 9.59 Å². The van der Waals surface area contributed by atoms with E-state index in [4.69, 9.17) is 0 Å². The Morgan fingerprint density at radius 3 is 2.36 bits per heavy atom. The van der Waals surface area contributed by atoms with E-state index in [-0.39, 0.29) is 29.8 Å². The molecule has 0 radical (unpaired) electrons. The number of amides is 2. The molecule has 1 aliphatic heterocycles. The van der Waals surface area contributed by atoms with Crippen molar-refractivity contribution in [1.82, 2.24) is 10.6 Å². The lowest BCUT2D eigenvalue weighted by Crippen LogP contribution is -2.56. The number of carbonyl (C=O) groups is 2. The standard InChI is InChI=1S/C17H24BrN3O2.C2H6/c1-11-8-14(10-17(2,3)21-11)20-16(23)9-15(22)19-13-6-4-12(18)5-7-13;1-2/h4-7,11,14,21H,8-10H2,1-3H3,(H,19,22)(H,20,23);1-2H3. The molecule has 0 aliphatic carbocycles. The Bertz CT molecular complexity index is 573. The fourth-order valence-corrected chi connectivity index (χ4v) is 3.45. The summed E-state index contributed by atoms with van der Waals surface area (Å²) in [6.45, 7) is 10.4. The molecule has 0 saturated carbocycles. The molecule has 1 aromatic carbocycles. The topological polar surface area (TPSA) is 70.2 Å². The van der Waals surface area contributed by atoms with E-state index < -0.39 is 0 Å². The van der Waals surface area contributed by atoms with Crippen molar-refractivity contribution in [3.05, 3.63) is 28.7 Å². The number of carbonyl (C=O) groups excluding carboxylic acids is 2. The highest BCUT2D eigenvalue weighted by Gasteiger charge is 2.32. The minimum absolute atomic E-state index is 0.00467. The Labute approximate surface area is 159 Å². The van der Waals surface area contributed by atoms with Gasteiger partial charge < -0.3 is 16.0 Å². The lowest BCUT2D eigenvalue weighted by atomic mass is 9.86. The number of anilines is 1. The highest BCUT2D eigenvalue weighted by atomic mass is 79.9. The second-order valence-corrected chi connectivity index (χ2v) is 7.78. The summed E-state index contributed by atoms with van der Waals surface area (Å²) in [7, 11) is 0. The molecule has 0 spiro atoms. The number of hydrogen-bond acceptors (Lipinski definition) is 3. The number of halogens is 1. The van der Waals surface area contributed by atoms with E-state index in [1.807, 2.05) is 26.0 Å². The zero-order valence-electron chi connectivity index (χ0n) is 15.8. The predicted octanol–water partition coefficient (Wildman–Crippen LogP) is 3.84. The fourth-order valence-electron chi connectivity index (χ4n) is 3.18. The fraction of sp³-hybridized carbons (Fsp3) is 0.579. The second kappa shape index (κ2) is 9.92. The average Bonchev–Trinajstić information content (AvgIpc) is 2.49. The van der Waals surface area contributed by atoms with Crippen molar-refractivity contribution in [2.45, 2.75) is 71.5 Å². The highest BCUT2D eigenvalue weighted by molar-refractivity contribution is 9.10. The molecule has 5 nitrogen and oxygen atoms in total. The molecule has 1 aromatic rings. The van der Waals surface area contributed by atoms with Crippen LogP contribution >= 0.6 is 15.9 Å². The number of rotatable bonds is 4. The molecule has 6 heteroatoms. The van der Waals surface area contributed by atoms with Crippen LogP contribution in [0.2, 0.25) is 0 Å². The van der Waals surface area contributed by atoms with Crippen molar-refractivity contribution in [3.8, 4) is 0 Å². The summed E-state index contributed by atoms with van der Waals surface area (Å²) in [6, 6.07) is 7.71. The van der Waals surface area contributed by atoms with Crippen LogP contribution in [0, 0.1) is 0 Å². The van der Waals surface area contributed by atoms with Gasteiger partial charge in [0.1, 0.15) is 6.42 Å². The third kappa shape index (κ3) is 8.01. The van der Waals surface area contributed by atoms with Gasteiger partial charge in [-0.15, -0.1) is 0 Å². The second-order valence-electron chi connectivity index (χ2n) is 6.87. The molecular formula is C19H30BrN3O2. The molecule has 2 atom stereocenters. The van der Waals surface area contributed by atoms with Gasteiger partial charge in [0, 0.05) is 27.8 Å². The molecule has 25 heavy (non-hydrogen) atoms. The van der Waals surface area contributed by atoms with Gasteiger partial charge in [-0.2, -0.15) is 0 Å². The van der Waals surface area contributed by atoms with E-state index in [0.29, 0.717) is 11.7 Å². The molecule has 1 fully saturated rings. The maximum absolute atomic E-state index is 12.1. The minimum atomic E-state index is -0.300. The van der Waals surface area contributed by atoms with E-state index >= 15 is 0 Å². The van der Waals surface area contributed by atoms with Gasteiger partial charge in [0.2, 0.25) is 11.8 Å². The molecule has 0 aromatic heterocycles. The summed E-state index contributed by atoms with van der Waals surface area (Å²) in [5.74, 6) is -0.527. The van der Waals surface area contributed by atoms with Crippen molar-refractivity contribution in [3.63, 3.8) is 0 Å². The smallest absolute Gasteiger partial charge is 0.233 e. The normalized spacial score (nSPS) is 21.5. The van der Waals surface area contributed by atoms with Crippen LogP contribution in [-0.2, 0) is 9.59 Å². The maximum atomic E-state index is 12.1. The Kier molecular flexibility index (Phi) is 8.59. The van der Waals surface area contributed by atoms with Gasteiger partial charge in [0.15, 0.2) is 0 Å². The van der Waals surface area contributed by atoms with Crippen molar-refractivity contribution in [1.29, 1.82) is 0 Å². The lowest BCUT2D eigenvalue weighted by molar-refractivity contribution is -0.127. The molecule has 2 unspecified atom stereocenters. The van der Waals surface area contributed by atoms with Gasteiger partial charge in [-0.05, 0) is 57.9 Å². The number of nitrogens with one attached hydrogen (secondary N) is 3. The number of piperidine rings is 1. The van der Waals surface area contributed by atoms with Crippen LogP contribution in [-0.4, -0.2) is 29.4 Å². The Morgan fingerprint density at radius 2 is 1.80 bits per heavy atom. The summed E-state index contributed by atoms with van der Waals surface area (Å²) in [4.78, 5) is 24.0. The first-order valence-corrected chi connectivity index (χ1v) is 9.65. The predicted molar refractivity (Wildman–Crippen MR) is 107 cm³/mol. The van der Waals surface area contributed by atoms with Crippen LogP contribution in [0.4, 0.5) is 5.69 Å². The van der Waals surface area contributed by atoms with Gasteiger partial charge >= 0.3 is 0 Å². The van der Waals surface area contributed by atoms with Crippen LogP contribution in [0.15, 0.2) is 28.7 Å². The van der Waals surface area contributed by atoms with Crippen LogP contribution in [0.3, 0.4) is 0 Å². The number of hydrogen-bond donors (Lipinski definition) is 3. The average molecular weight is 412 g/mol. The van der Waals surface area contributed by atoms with Crippen LogP contribution < -0.4 is 16.0 Å². The van der Waals surface area contributed by atoms with E-state index in [1.54, 1.807) is 12.1 Å². The SMILES string of the molecule is CC.CC1CC(NC(=O)CC(=O)Nc2ccc(Br)cc2)CC(C)(C)N1. The molecule has 0 bridgehead atoms. The Hall–Kier alpha value is -1.40. The third-order valence-corrected chi connectivity index (χ3v) is 4.37. The van der Waals surface area contributed by atoms with E-state index in [2.05, 4.69) is 52.7 Å². The van der Waals surface area contributed by atoms with Crippen LogP contribution in [0.1, 0.15) is 53.9 Å². The van der Waals surface area contributed by atoms with Crippen molar-refractivity contribution < 1.29 is 9.59 Å². The molecule has 1 saturated heterocycles.